The molecular formula is C13H14N6O2S2. The molecule has 0 aliphatic carbocycles. The van der Waals surface area contributed by atoms with Crippen molar-refractivity contribution in [3.8, 4) is 0 Å². The highest BCUT2D eigenvalue weighted by Gasteiger charge is 2.10. The van der Waals surface area contributed by atoms with Crippen molar-refractivity contribution >= 4 is 50.9 Å². The number of hydrogen-bond acceptors (Lipinski definition) is 7. The molecule has 0 radical (unpaired) electrons. The molecule has 0 saturated heterocycles. The number of carbonyl (C=O) groups is 1. The Hall–Kier alpha value is -2.33. The average molecular weight is 350 g/mol. The third-order valence-electron chi connectivity index (χ3n) is 3.30. The fourth-order valence-electron chi connectivity index (χ4n) is 2.19. The lowest BCUT2D eigenvalue weighted by Crippen LogP contribution is -2.19. The third kappa shape index (κ3) is 3.08. The molecule has 0 aliphatic heterocycles. The van der Waals surface area contributed by atoms with Crippen LogP contribution in [0.5, 0.6) is 0 Å². The van der Waals surface area contributed by atoms with E-state index in [2.05, 4.69) is 15.5 Å². The molecule has 3 aromatic rings. The predicted octanol–water partition coefficient (Wildman–Crippen LogP) is 1.04. The number of fused-ring (bicyclic) bond motifs is 1. The summed E-state index contributed by atoms with van der Waals surface area (Å²) in [5.74, 6) is 0.0458. The van der Waals surface area contributed by atoms with Crippen LogP contribution in [0.15, 0.2) is 27.3 Å². The van der Waals surface area contributed by atoms with Gasteiger partial charge in [-0.2, -0.15) is 0 Å². The van der Waals surface area contributed by atoms with Crippen LogP contribution in [0.1, 0.15) is 0 Å². The highest BCUT2D eigenvalue weighted by Crippen LogP contribution is 2.24. The summed E-state index contributed by atoms with van der Waals surface area (Å²) in [6, 6.07) is 5.36. The number of aryl methyl sites for hydroxylation is 2. The first-order chi connectivity index (χ1) is 11.0. The fourth-order valence-corrected chi connectivity index (χ4v) is 3.62. The molecule has 1 aromatic carbocycles. The van der Waals surface area contributed by atoms with Gasteiger partial charge in [0.1, 0.15) is 0 Å². The standard InChI is InChI=1S/C13H14N6O2S2/c1-18-8-4-3-7(5-9(8)19(2)13(18)21)15-10(20)6-22-12-17-16-11(14)23-12/h3-5H,6H2,1-2H3,(H2,14,16)(H,15,20). The Morgan fingerprint density at radius 2 is 2.04 bits per heavy atom. The summed E-state index contributed by atoms with van der Waals surface area (Å²) >= 11 is 2.52. The van der Waals surface area contributed by atoms with Crippen LogP contribution in [0.4, 0.5) is 10.8 Å². The Balaban J connectivity index is 1.72. The van der Waals surface area contributed by atoms with Gasteiger partial charge in [-0.15, -0.1) is 10.2 Å². The van der Waals surface area contributed by atoms with Crippen molar-refractivity contribution in [2.45, 2.75) is 4.34 Å². The topological polar surface area (TPSA) is 108 Å². The Labute approximate surface area is 139 Å². The minimum absolute atomic E-state index is 0.104. The van der Waals surface area contributed by atoms with E-state index in [1.54, 1.807) is 35.4 Å². The van der Waals surface area contributed by atoms with Crippen LogP contribution < -0.4 is 16.7 Å². The molecule has 2 aromatic heterocycles. The van der Waals surface area contributed by atoms with Gasteiger partial charge < -0.3 is 11.1 Å². The maximum atomic E-state index is 12.0. The van der Waals surface area contributed by atoms with Gasteiger partial charge in [-0.25, -0.2) is 4.79 Å². The first-order valence-corrected chi connectivity index (χ1v) is 8.43. The molecule has 23 heavy (non-hydrogen) atoms. The van der Waals surface area contributed by atoms with Crippen LogP contribution in [-0.2, 0) is 18.9 Å². The number of carbonyl (C=O) groups excluding carboxylic acids is 1. The van der Waals surface area contributed by atoms with E-state index in [9.17, 15) is 9.59 Å². The number of thioether (sulfide) groups is 1. The van der Waals surface area contributed by atoms with Gasteiger partial charge in [0, 0.05) is 19.8 Å². The van der Waals surface area contributed by atoms with Gasteiger partial charge in [0.25, 0.3) is 0 Å². The summed E-state index contributed by atoms with van der Waals surface area (Å²) in [4.78, 5) is 23.9. The SMILES string of the molecule is Cn1c(=O)n(C)c2cc(NC(=O)CSc3nnc(N)s3)ccc21. The summed E-state index contributed by atoms with van der Waals surface area (Å²) in [6.45, 7) is 0. The maximum absolute atomic E-state index is 12.0. The molecule has 0 fully saturated rings. The second-order valence-corrected chi connectivity index (χ2v) is 7.08. The van der Waals surface area contributed by atoms with E-state index >= 15 is 0 Å². The maximum Gasteiger partial charge on any atom is 0.328 e. The van der Waals surface area contributed by atoms with Crippen molar-refractivity contribution < 1.29 is 4.79 Å². The van der Waals surface area contributed by atoms with Crippen molar-refractivity contribution in [2.75, 3.05) is 16.8 Å². The Bertz CT molecular complexity index is 942. The van der Waals surface area contributed by atoms with Crippen LogP contribution in [0.2, 0.25) is 0 Å². The Morgan fingerprint density at radius 3 is 2.74 bits per heavy atom. The zero-order chi connectivity index (χ0) is 16.6. The Morgan fingerprint density at radius 1 is 1.30 bits per heavy atom. The van der Waals surface area contributed by atoms with Crippen molar-refractivity contribution in [1.29, 1.82) is 0 Å². The van der Waals surface area contributed by atoms with Crippen LogP contribution in [-0.4, -0.2) is 31.0 Å². The molecule has 0 saturated carbocycles. The summed E-state index contributed by atoms with van der Waals surface area (Å²) in [6.07, 6.45) is 0. The Kier molecular flexibility index (Phi) is 4.09. The molecule has 3 N–H and O–H groups in total. The van der Waals surface area contributed by atoms with Gasteiger partial charge in [-0.05, 0) is 18.2 Å². The number of imidazole rings is 1. The summed E-state index contributed by atoms with van der Waals surface area (Å²) in [5, 5.41) is 10.7. The number of aromatic nitrogens is 4. The van der Waals surface area contributed by atoms with Gasteiger partial charge in [-0.1, -0.05) is 23.1 Å². The summed E-state index contributed by atoms with van der Waals surface area (Å²) in [7, 11) is 3.42. The lowest BCUT2D eigenvalue weighted by Gasteiger charge is -2.05. The normalized spacial score (nSPS) is 11.0. The molecule has 1 amide bonds. The zero-order valence-electron chi connectivity index (χ0n) is 12.4. The third-order valence-corrected chi connectivity index (χ3v) is 5.19. The van der Waals surface area contributed by atoms with E-state index in [0.717, 1.165) is 11.0 Å². The first-order valence-electron chi connectivity index (χ1n) is 6.63. The first kappa shape index (κ1) is 15.6. The van der Waals surface area contributed by atoms with E-state index in [-0.39, 0.29) is 17.3 Å². The fraction of sp³-hybridized carbons (Fsp3) is 0.231. The van der Waals surface area contributed by atoms with Gasteiger partial charge in [0.15, 0.2) is 4.34 Å². The van der Waals surface area contributed by atoms with E-state index in [4.69, 9.17) is 5.73 Å². The lowest BCUT2D eigenvalue weighted by atomic mass is 10.2. The molecule has 8 nitrogen and oxygen atoms in total. The average Bonchev–Trinajstić information content (AvgIpc) is 3.04. The van der Waals surface area contributed by atoms with E-state index in [0.29, 0.717) is 15.2 Å². The lowest BCUT2D eigenvalue weighted by molar-refractivity contribution is -0.113. The number of amides is 1. The summed E-state index contributed by atoms with van der Waals surface area (Å²) in [5.41, 5.74) is 7.60. The van der Waals surface area contributed by atoms with E-state index < -0.39 is 0 Å². The van der Waals surface area contributed by atoms with Gasteiger partial charge in [0.05, 0.1) is 16.8 Å². The molecule has 10 heteroatoms. The molecule has 3 rings (SSSR count). The van der Waals surface area contributed by atoms with Gasteiger partial charge in [0.2, 0.25) is 11.0 Å². The van der Waals surface area contributed by atoms with Crippen molar-refractivity contribution in [3.05, 3.63) is 28.7 Å². The van der Waals surface area contributed by atoms with Crippen molar-refractivity contribution in [3.63, 3.8) is 0 Å². The predicted molar refractivity (Wildman–Crippen MR) is 91.8 cm³/mol. The number of benzene rings is 1. The number of nitrogens with zero attached hydrogens (tertiary/aromatic N) is 4. The highest BCUT2D eigenvalue weighted by molar-refractivity contribution is 8.01. The number of nitrogen functional groups attached to an aromatic ring is 1. The van der Waals surface area contributed by atoms with Gasteiger partial charge in [-0.3, -0.25) is 13.9 Å². The highest BCUT2D eigenvalue weighted by atomic mass is 32.2. The van der Waals surface area contributed by atoms with Crippen molar-refractivity contribution in [1.82, 2.24) is 19.3 Å². The second-order valence-electron chi connectivity index (χ2n) is 4.85. The second kappa shape index (κ2) is 6.05. The zero-order valence-corrected chi connectivity index (χ0v) is 14.1. The van der Waals surface area contributed by atoms with Crippen molar-refractivity contribution in [2.24, 2.45) is 14.1 Å². The number of nitrogens with two attached hydrogens (primary N) is 1. The van der Waals surface area contributed by atoms with Gasteiger partial charge >= 0.3 is 5.69 Å². The molecule has 0 spiro atoms. The number of nitrogens with one attached hydrogen (secondary N) is 1. The minimum Gasteiger partial charge on any atom is -0.374 e. The number of rotatable bonds is 4. The van der Waals surface area contributed by atoms with E-state index in [1.165, 1.54) is 23.1 Å². The van der Waals surface area contributed by atoms with Crippen LogP contribution in [0, 0.1) is 0 Å². The van der Waals surface area contributed by atoms with Crippen LogP contribution >= 0.6 is 23.1 Å². The molecule has 0 bridgehead atoms. The molecule has 120 valence electrons. The molecular weight excluding hydrogens is 336 g/mol. The molecule has 2 heterocycles. The van der Waals surface area contributed by atoms with E-state index in [1.807, 2.05) is 6.07 Å². The number of anilines is 2. The molecule has 0 unspecified atom stereocenters. The van der Waals surface area contributed by atoms with Crippen LogP contribution in [0.25, 0.3) is 11.0 Å². The van der Waals surface area contributed by atoms with Crippen LogP contribution in [0.3, 0.4) is 0 Å². The largest absolute Gasteiger partial charge is 0.374 e. The smallest absolute Gasteiger partial charge is 0.328 e. The number of hydrogen-bond donors (Lipinski definition) is 2. The minimum atomic E-state index is -0.163. The molecule has 0 atom stereocenters. The monoisotopic (exact) mass is 350 g/mol. The molecule has 0 aliphatic rings. The quantitative estimate of drug-likeness (QED) is 0.681. The summed E-state index contributed by atoms with van der Waals surface area (Å²) < 4.78 is 3.76.